The van der Waals surface area contributed by atoms with Gasteiger partial charge in [0.15, 0.2) is 6.10 Å². The molecular formula is C23H22N2O5S. The number of anilines is 1. The average molecular weight is 439 g/mol. The van der Waals surface area contributed by atoms with Crippen LogP contribution in [0.15, 0.2) is 83.8 Å². The largest absolute Gasteiger partial charge is 0.496 e. The van der Waals surface area contributed by atoms with Crippen LogP contribution in [0.2, 0.25) is 0 Å². The second kappa shape index (κ2) is 8.69. The van der Waals surface area contributed by atoms with Gasteiger partial charge < -0.3 is 14.8 Å². The first-order valence-corrected chi connectivity index (χ1v) is 11.2. The van der Waals surface area contributed by atoms with Crippen molar-refractivity contribution in [1.29, 1.82) is 0 Å². The fourth-order valence-electron chi connectivity index (χ4n) is 3.43. The van der Waals surface area contributed by atoms with Crippen LogP contribution in [0.3, 0.4) is 0 Å². The summed E-state index contributed by atoms with van der Waals surface area (Å²) in [6, 6.07) is 22.3. The zero-order valence-electron chi connectivity index (χ0n) is 16.9. The van der Waals surface area contributed by atoms with Crippen molar-refractivity contribution in [3.05, 3.63) is 84.4 Å². The van der Waals surface area contributed by atoms with Crippen LogP contribution in [0.5, 0.6) is 11.5 Å². The first-order valence-electron chi connectivity index (χ1n) is 9.74. The lowest BCUT2D eigenvalue weighted by atomic mass is 10.2. The smallest absolute Gasteiger partial charge is 0.264 e. The highest BCUT2D eigenvalue weighted by molar-refractivity contribution is 7.92. The lowest BCUT2D eigenvalue weighted by Gasteiger charge is -2.34. The zero-order valence-corrected chi connectivity index (χ0v) is 17.7. The number of nitrogens with one attached hydrogen (secondary N) is 1. The van der Waals surface area contributed by atoms with Crippen molar-refractivity contribution in [3.8, 4) is 11.5 Å². The van der Waals surface area contributed by atoms with Crippen LogP contribution in [0.4, 0.5) is 5.69 Å². The number of rotatable bonds is 6. The second-order valence-electron chi connectivity index (χ2n) is 6.95. The highest BCUT2D eigenvalue weighted by Gasteiger charge is 2.37. The molecule has 3 aromatic rings. The van der Waals surface area contributed by atoms with Gasteiger partial charge in [0.25, 0.3) is 15.9 Å². The maximum Gasteiger partial charge on any atom is 0.264 e. The van der Waals surface area contributed by atoms with Gasteiger partial charge in [-0.1, -0.05) is 48.5 Å². The van der Waals surface area contributed by atoms with Gasteiger partial charge >= 0.3 is 0 Å². The van der Waals surface area contributed by atoms with E-state index in [0.717, 1.165) is 5.56 Å². The summed E-state index contributed by atoms with van der Waals surface area (Å²) in [5.74, 6) is 0.588. The molecule has 0 radical (unpaired) electrons. The summed E-state index contributed by atoms with van der Waals surface area (Å²) >= 11 is 0. The Morgan fingerprint density at radius 1 is 1.03 bits per heavy atom. The molecule has 0 saturated heterocycles. The van der Waals surface area contributed by atoms with Crippen LogP contribution in [-0.4, -0.2) is 34.1 Å². The summed E-state index contributed by atoms with van der Waals surface area (Å²) < 4.78 is 39.0. The van der Waals surface area contributed by atoms with Crippen molar-refractivity contribution in [2.24, 2.45) is 0 Å². The van der Waals surface area contributed by atoms with E-state index in [1.807, 2.05) is 24.3 Å². The topological polar surface area (TPSA) is 84.9 Å². The van der Waals surface area contributed by atoms with E-state index in [1.165, 1.54) is 16.4 Å². The number of carbonyl (C=O) groups excluding carboxylic acids is 1. The number of nitrogens with zero attached hydrogens (tertiary/aromatic N) is 1. The molecule has 160 valence electrons. The molecule has 8 heteroatoms. The van der Waals surface area contributed by atoms with Crippen molar-refractivity contribution < 1.29 is 22.7 Å². The summed E-state index contributed by atoms with van der Waals surface area (Å²) in [7, 11) is -2.30. The van der Waals surface area contributed by atoms with Crippen molar-refractivity contribution >= 4 is 21.6 Å². The van der Waals surface area contributed by atoms with Gasteiger partial charge in [0, 0.05) is 12.1 Å². The quantitative estimate of drug-likeness (QED) is 0.640. The lowest BCUT2D eigenvalue weighted by molar-refractivity contribution is -0.127. The number of ether oxygens (including phenoxy) is 2. The number of fused-ring (bicyclic) bond motifs is 1. The molecule has 1 N–H and O–H groups in total. The molecule has 4 rings (SSSR count). The molecule has 1 aliphatic heterocycles. The Morgan fingerprint density at radius 2 is 1.71 bits per heavy atom. The maximum absolute atomic E-state index is 13.3. The number of methoxy groups -OCH3 is 1. The van der Waals surface area contributed by atoms with Gasteiger partial charge in [-0.15, -0.1) is 0 Å². The molecule has 0 bridgehead atoms. The minimum absolute atomic E-state index is 0.133. The standard InChI is InChI=1S/C23H22N2O5S/c1-29-20-13-7-5-9-17(20)15-24-23(26)22-16-25(19-12-6-8-14-21(19)30-22)31(27,28)18-10-3-2-4-11-18/h2-14,22H,15-16H2,1H3,(H,24,26). The number of hydrogen-bond acceptors (Lipinski definition) is 5. The van der Waals surface area contributed by atoms with E-state index in [-0.39, 0.29) is 18.0 Å². The molecule has 1 atom stereocenters. The first kappa shape index (κ1) is 20.7. The van der Waals surface area contributed by atoms with Gasteiger partial charge in [0.1, 0.15) is 11.5 Å². The van der Waals surface area contributed by atoms with Gasteiger partial charge in [-0.05, 0) is 30.3 Å². The molecule has 0 spiro atoms. The van der Waals surface area contributed by atoms with Crippen molar-refractivity contribution in [3.63, 3.8) is 0 Å². The fourth-order valence-corrected chi connectivity index (χ4v) is 4.93. The molecular weight excluding hydrogens is 416 g/mol. The van der Waals surface area contributed by atoms with Crippen LogP contribution in [0.25, 0.3) is 0 Å². The Bertz CT molecular complexity index is 1180. The number of carbonyl (C=O) groups is 1. The third-order valence-electron chi connectivity index (χ3n) is 5.00. The van der Waals surface area contributed by atoms with Gasteiger partial charge in [-0.25, -0.2) is 8.42 Å². The van der Waals surface area contributed by atoms with E-state index in [4.69, 9.17) is 9.47 Å². The molecule has 1 unspecified atom stereocenters. The van der Waals surface area contributed by atoms with Crippen LogP contribution >= 0.6 is 0 Å². The van der Waals surface area contributed by atoms with E-state index in [2.05, 4.69) is 5.32 Å². The predicted octanol–water partition coefficient (Wildman–Crippen LogP) is 2.97. The summed E-state index contributed by atoms with van der Waals surface area (Å²) in [5.41, 5.74) is 1.21. The van der Waals surface area contributed by atoms with E-state index >= 15 is 0 Å². The Labute approximate surface area is 181 Å². The van der Waals surface area contributed by atoms with Crippen molar-refractivity contribution in [2.75, 3.05) is 18.0 Å². The normalized spacial score (nSPS) is 15.5. The second-order valence-corrected chi connectivity index (χ2v) is 8.82. The SMILES string of the molecule is COc1ccccc1CNC(=O)C1CN(S(=O)(=O)c2ccccc2)c2ccccc2O1. The Hall–Kier alpha value is -3.52. The third kappa shape index (κ3) is 4.20. The Balaban J connectivity index is 1.59. The average Bonchev–Trinajstić information content (AvgIpc) is 2.82. The van der Waals surface area contributed by atoms with Crippen LogP contribution < -0.4 is 19.1 Å². The minimum atomic E-state index is -3.87. The minimum Gasteiger partial charge on any atom is -0.496 e. The molecule has 3 aromatic carbocycles. The molecule has 0 aromatic heterocycles. The zero-order chi connectivity index (χ0) is 21.8. The summed E-state index contributed by atoms with van der Waals surface area (Å²) in [6.07, 6.45) is -0.997. The van der Waals surface area contributed by atoms with E-state index in [1.54, 1.807) is 49.6 Å². The third-order valence-corrected chi connectivity index (χ3v) is 6.80. The molecule has 0 saturated carbocycles. The van der Waals surface area contributed by atoms with Gasteiger partial charge in [0.2, 0.25) is 0 Å². The van der Waals surface area contributed by atoms with Crippen LogP contribution in [0.1, 0.15) is 5.56 Å². The maximum atomic E-state index is 13.3. The molecule has 1 amide bonds. The van der Waals surface area contributed by atoms with Gasteiger partial charge in [0.05, 0.1) is 24.2 Å². The number of amides is 1. The summed E-state index contributed by atoms with van der Waals surface area (Å²) in [5, 5.41) is 2.82. The van der Waals surface area contributed by atoms with Crippen LogP contribution in [-0.2, 0) is 21.4 Å². The first-order chi connectivity index (χ1) is 15.0. The molecule has 31 heavy (non-hydrogen) atoms. The number of benzene rings is 3. The van der Waals surface area contributed by atoms with Crippen molar-refractivity contribution in [2.45, 2.75) is 17.5 Å². The highest BCUT2D eigenvalue weighted by Crippen LogP contribution is 2.36. The van der Waals surface area contributed by atoms with Gasteiger partial charge in [-0.2, -0.15) is 0 Å². The van der Waals surface area contributed by atoms with Crippen LogP contribution in [0, 0.1) is 0 Å². The molecule has 7 nitrogen and oxygen atoms in total. The highest BCUT2D eigenvalue weighted by atomic mass is 32.2. The van der Waals surface area contributed by atoms with E-state index in [9.17, 15) is 13.2 Å². The number of para-hydroxylation sites is 3. The predicted molar refractivity (Wildman–Crippen MR) is 117 cm³/mol. The Kier molecular flexibility index (Phi) is 5.81. The van der Waals surface area contributed by atoms with Gasteiger partial charge in [-0.3, -0.25) is 9.10 Å². The van der Waals surface area contributed by atoms with E-state index < -0.39 is 22.0 Å². The summed E-state index contributed by atoms with van der Waals surface area (Å²) in [4.78, 5) is 13.0. The molecule has 0 aliphatic carbocycles. The monoisotopic (exact) mass is 438 g/mol. The fraction of sp³-hybridized carbons (Fsp3) is 0.174. The van der Waals surface area contributed by atoms with Crippen molar-refractivity contribution in [1.82, 2.24) is 5.32 Å². The van der Waals surface area contributed by atoms with E-state index in [0.29, 0.717) is 17.2 Å². The summed E-state index contributed by atoms with van der Waals surface area (Å²) in [6.45, 7) is 0.0990. The molecule has 1 heterocycles. The number of sulfonamides is 1. The lowest BCUT2D eigenvalue weighted by Crippen LogP contribution is -2.50. The molecule has 1 aliphatic rings. The molecule has 0 fully saturated rings. The number of hydrogen-bond donors (Lipinski definition) is 1. The Morgan fingerprint density at radius 3 is 2.48 bits per heavy atom.